The number of aryl methyl sites for hydroxylation is 1. The molecular weight excluding hydrogens is 442 g/mol. The summed E-state index contributed by atoms with van der Waals surface area (Å²) < 4.78 is 5.38. The molecule has 0 atom stereocenters. The molecule has 4 rings (SSSR count). The second kappa shape index (κ2) is 10.6. The lowest BCUT2D eigenvalue weighted by Gasteiger charge is -2.32. The number of carbonyl (C=O) groups is 2. The summed E-state index contributed by atoms with van der Waals surface area (Å²) >= 11 is 1.44. The van der Waals surface area contributed by atoms with E-state index in [1.807, 2.05) is 6.07 Å². The van der Waals surface area contributed by atoms with E-state index in [9.17, 15) is 9.59 Å². The zero-order chi connectivity index (χ0) is 23.2. The van der Waals surface area contributed by atoms with E-state index < -0.39 is 0 Å². The molecule has 0 radical (unpaired) electrons. The fourth-order valence-corrected chi connectivity index (χ4v) is 4.87. The molecule has 2 aromatic heterocycles. The van der Waals surface area contributed by atoms with Crippen LogP contribution in [0.5, 0.6) is 0 Å². The van der Waals surface area contributed by atoms with Crippen molar-refractivity contribution in [1.82, 2.24) is 9.97 Å². The van der Waals surface area contributed by atoms with Crippen molar-refractivity contribution < 1.29 is 14.3 Å². The van der Waals surface area contributed by atoms with Gasteiger partial charge in [0.15, 0.2) is 10.9 Å². The van der Waals surface area contributed by atoms with Crippen molar-refractivity contribution in [3.05, 3.63) is 28.9 Å². The van der Waals surface area contributed by atoms with E-state index in [2.05, 4.69) is 31.2 Å². The third-order valence-corrected chi connectivity index (χ3v) is 6.80. The van der Waals surface area contributed by atoms with Gasteiger partial charge in [-0.1, -0.05) is 0 Å². The van der Waals surface area contributed by atoms with E-state index in [0.29, 0.717) is 69.2 Å². The summed E-state index contributed by atoms with van der Waals surface area (Å²) in [6, 6.07) is 4.01. The quantitative estimate of drug-likeness (QED) is 0.626. The Kier molecular flexibility index (Phi) is 7.36. The Morgan fingerprint density at radius 2 is 2.00 bits per heavy atom. The molecule has 2 aliphatic rings. The fourth-order valence-electron chi connectivity index (χ4n) is 4.01. The summed E-state index contributed by atoms with van der Waals surface area (Å²) in [6.07, 6.45) is 3.95. The highest BCUT2D eigenvalue weighted by Gasteiger charge is 2.26. The monoisotopic (exact) mass is 469 g/mol. The molecule has 10 nitrogen and oxygen atoms in total. The number of nitrogens with zero attached hydrogens (tertiary/aromatic N) is 5. The van der Waals surface area contributed by atoms with Gasteiger partial charge in [-0.15, -0.1) is 11.3 Å². The van der Waals surface area contributed by atoms with Crippen molar-refractivity contribution in [2.45, 2.75) is 25.7 Å². The van der Waals surface area contributed by atoms with Gasteiger partial charge in [-0.25, -0.2) is 9.97 Å². The summed E-state index contributed by atoms with van der Waals surface area (Å²) in [4.78, 5) is 37.8. The Balaban J connectivity index is 1.52. The number of hydrogen-bond acceptors (Lipinski definition) is 9. The highest BCUT2D eigenvalue weighted by atomic mass is 32.1. The number of morpholine rings is 1. The molecule has 2 fully saturated rings. The summed E-state index contributed by atoms with van der Waals surface area (Å²) in [7, 11) is 0. The van der Waals surface area contributed by atoms with E-state index in [0.717, 1.165) is 23.8 Å². The lowest BCUT2D eigenvalue weighted by atomic mass is 9.96. The van der Waals surface area contributed by atoms with Gasteiger partial charge in [0.1, 0.15) is 5.69 Å². The van der Waals surface area contributed by atoms with E-state index in [1.165, 1.54) is 11.3 Å². The Labute approximate surface area is 196 Å². The van der Waals surface area contributed by atoms with Crippen LogP contribution in [0.4, 0.5) is 16.6 Å². The largest absolute Gasteiger partial charge is 0.378 e. The Morgan fingerprint density at radius 3 is 2.70 bits per heavy atom. The Morgan fingerprint density at radius 1 is 1.24 bits per heavy atom. The first-order chi connectivity index (χ1) is 16.0. The summed E-state index contributed by atoms with van der Waals surface area (Å²) in [5.41, 5.74) is 7.26. The first-order valence-corrected chi connectivity index (χ1v) is 11.9. The number of thiazole rings is 1. The molecule has 4 heterocycles. The van der Waals surface area contributed by atoms with E-state index in [1.54, 1.807) is 11.6 Å². The first kappa shape index (κ1) is 22.9. The number of nitrogens with one attached hydrogen (secondary N) is 1. The van der Waals surface area contributed by atoms with Crippen LogP contribution < -0.4 is 20.9 Å². The van der Waals surface area contributed by atoms with Crippen molar-refractivity contribution in [2.24, 2.45) is 11.7 Å². The van der Waals surface area contributed by atoms with Crippen molar-refractivity contribution in [3.63, 3.8) is 0 Å². The van der Waals surface area contributed by atoms with Crippen LogP contribution in [0.25, 0.3) is 0 Å². The van der Waals surface area contributed by atoms with Crippen molar-refractivity contribution in [1.29, 1.82) is 5.26 Å². The van der Waals surface area contributed by atoms with Gasteiger partial charge in [0, 0.05) is 50.1 Å². The van der Waals surface area contributed by atoms with Gasteiger partial charge in [-0.3, -0.25) is 9.59 Å². The molecule has 0 saturated carbocycles. The minimum Gasteiger partial charge on any atom is -0.378 e. The number of nitrogens with two attached hydrogens (primary N) is 1. The number of primary amides is 1. The van der Waals surface area contributed by atoms with Gasteiger partial charge in [-0.05, 0) is 30.9 Å². The van der Waals surface area contributed by atoms with E-state index in [4.69, 9.17) is 15.7 Å². The lowest BCUT2D eigenvalue weighted by Crippen LogP contribution is -2.39. The average molecular weight is 470 g/mol. The number of pyridine rings is 1. The number of amides is 2. The second-order valence-electron chi connectivity index (χ2n) is 8.11. The number of ether oxygens (including phenoxy) is 1. The fraction of sp³-hybridized carbons (Fsp3) is 0.500. The van der Waals surface area contributed by atoms with Crippen LogP contribution in [-0.2, 0) is 16.0 Å². The number of anilines is 3. The second-order valence-corrected chi connectivity index (χ2v) is 8.94. The van der Waals surface area contributed by atoms with Gasteiger partial charge in [0.05, 0.1) is 25.0 Å². The number of aromatic nitrogens is 2. The number of piperidine rings is 1. The van der Waals surface area contributed by atoms with Crippen LogP contribution in [0.2, 0.25) is 0 Å². The number of carbonyl (C=O) groups excluding carboxylic acids is 2. The molecular formula is C22H27N7O3S. The molecule has 2 saturated heterocycles. The Bertz CT molecular complexity index is 1040. The van der Waals surface area contributed by atoms with Crippen LogP contribution in [0.3, 0.4) is 0 Å². The molecule has 174 valence electrons. The summed E-state index contributed by atoms with van der Waals surface area (Å²) in [6.45, 7) is 4.06. The van der Waals surface area contributed by atoms with Gasteiger partial charge in [0.2, 0.25) is 5.91 Å². The number of nitriles is 1. The van der Waals surface area contributed by atoms with Crippen LogP contribution in [-0.4, -0.2) is 61.2 Å². The predicted octanol–water partition coefficient (Wildman–Crippen LogP) is 1.78. The maximum atomic E-state index is 13.0. The number of hydrogen-bond donors (Lipinski definition) is 2. The molecule has 0 aromatic carbocycles. The maximum Gasteiger partial charge on any atom is 0.275 e. The highest BCUT2D eigenvalue weighted by Crippen LogP contribution is 2.30. The topological polar surface area (TPSA) is 137 Å². The first-order valence-electron chi connectivity index (χ1n) is 11.0. The Hall–Kier alpha value is -3.23. The molecule has 2 aromatic rings. The predicted molar refractivity (Wildman–Crippen MR) is 125 cm³/mol. The third-order valence-electron chi connectivity index (χ3n) is 5.90. The molecule has 0 spiro atoms. The zero-order valence-electron chi connectivity index (χ0n) is 18.3. The number of rotatable bonds is 7. The van der Waals surface area contributed by atoms with Crippen LogP contribution in [0, 0.1) is 17.2 Å². The molecule has 33 heavy (non-hydrogen) atoms. The molecule has 0 bridgehead atoms. The van der Waals surface area contributed by atoms with Crippen molar-refractivity contribution >= 4 is 39.8 Å². The van der Waals surface area contributed by atoms with Gasteiger partial charge in [0.25, 0.3) is 5.91 Å². The zero-order valence-corrected chi connectivity index (χ0v) is 19.1. The molecule has 0 aliphatic carbocycles. The molecule has 11 heteroatoms. The highest BCUT2D eigenvalue weighted by molar-refractivity contribution is 7.14. The summed E-state index contributed by atoms with van der Waals surface area (Å²) in [5, 5.41) is 14.5. The van der Waals surface area contributed by atoms with Crippen molar-refractivity contribution in [3.8, 4) is 6.07 Å². The molecule has 0 unspecified atom stereocenters. The molecule has 2 aliphatic heterocycles. The standard InChI is InChI=1S/C22H27N7O3S/c23-5-1-2-15-12-17(20(25-13-15)28-6-3-16(4-7-28)19(24)30)26-21(31)18-14-33-22(27-18)29-8-10-32-11-9-29/h12-14,16H,1-4,6-11H2,(H2,24,30)(H,26,31). The van der Waals surface area contributed by atoms with Gasteiger partial charge < -0.3 is 25.6 Å². The van der Waals surface area contributed by atoms with E-state index in [-0.39, 0.29) is 17.7 Å². The minimum atomic E-state index is -0.307. The minimum absolute atomic E-state index is 0.136. The van der Waals surface area contributed by atoms with Crippen LogP contribution in [0.1, 0.15) is 35.3 Å². The van der Waals surface area contributed by atoms with Crippen molar-refractivity contribution in [2.75, 3.05) is 54.5 Å². The average Bonchev–Trinajstić information content (AvgIpc) is 3.34. The summed E-state index contributed by atoms with van der Waals surface area (Å²) in [5.74, 6) is -0.0701. The van der Waals surface area contributed by atoms with Gasteiger partial charge in [-0.2, -0.15) is 5.26 Å². The molecule has 3 N–H and O–H groups in total. The normalized spacial score (nSPS) is 16.9. The van der Waals surface area contributed by atoms with Gasteiger partial charge >= 0.3 is 0 Å². The third kappa shape index (κ3) is 5.58. The lowest BCUT2D eigenvalue weighted by molar-refractivity contribution is -0.122. The van der Waals surface area contributed by atoms with Crippen LogP contribution >= 0.6 is 11.3 Å². The smallest absolute Gasteiger partial charge is 0.275 e. The SMILES string of the molecule is N#CCCc1cnc(N2CCC(C(N)=O)CC2)c(NC(=O)c2csc(N3CCOCC3)n2)c1. The molecule has 2 amide bonds. The van der Waals surface area contributed by atoms with E-state index >= 15 is 0 Å². The van der Waals surface area contributed by atoms with Crippen LogP contribution in [0.15, 0.2) is 17.6 Å². The maximum absolute atomic E-state index is 13.0.